The molecule has 0 unspecified atom stereocenters. The largest absolute Gasteiger partial charge is 0.493 e. The van der Waals surface area contributed by atoms with Crippen molar-refractivity contribution in [1.82, 2.24) is 15.3 Å². The molecule has 0 aliphatic carbocycles. The van der Waals surface area contributed by atoms with Gasteiger partial charge >= 0.3 is 0 Å². The summed E-state index contributed by atoms with van der Waals surface area (Å²) in [6.45, 7) is 1.49. The minimum Gasteiger partial charge on any atom is -0.493 e. The van der Waals surface area contributed by atoms with E-state index in [4.69, 9.17) is 21.1 Å². The van der Waals surface area contributed by atoms with Gasteiger partial charge in [0.05, 0.1) is 29.7 Å². The van der Waals surface area contributed by atoms with E-state index in [1.807, 2.05) is 42.5 Å². The Hall–Kier alpha value is -3.09. The first-order valence-electron chi connectivity index (χ1n) is 9.50. The van der Waals surface area contributed by atoms with Crippen molar-refractivity contribution in [2.75, 3.05) is 7.11 Å². The standard InChI is InChI=1S/C23H21ClFN3O2/c1-29-22-10-15(12-26-13-23-27-19-4-2-3-5-20(19)28-23)6-9-21(22)30-14-16-7-8-17(25)11-18(16)24/h2-11,26H,12-14H2,1H3,(H,27,28). The van der Waals surface area contributed by atoms with E-state index in [0.717, 1.165) is 22.4 Å². The summed E-state index contributed by atoms with van der Waals surface area (Å²) in [5, 5.41) is 3.71. The predicted octanol–water partition coefficient (Wildman–Crippen LogP) is 5.23. The number of hydrogen-bond donors (Lipinski definition) is 2. The third-order valence-corrected chi connectivity index (χ3v) is 5.04. The fourth-order valence-corrected chi connectivity index (χ4v) is 3.37. The van der Waals surface area contributed by atoms with Crippen molar-refractivity contribution in [3.63, 3.8) is 0 Å². The maximum absolute atomic E-state index is 13.2. The number of rotatable bonds is 8. The quantitative estimate of drug-likeness (QED) is 0.405. The number of methoxy groups -OCH3 is 1. The number of fused-ring (bicyclic) bond motifs is 1. The molecule has 3 aromatic carbocycles. The molecule has 5 nitrogen and oxygen atoms in total. The lowest BCUT2D eigenvalue weighted by Crippen LogP contribution is -2.13. The molecule has 2 N–H and O–H groups in total. The van der Waals surface area contributed by atoms with Gasteiger partial charge in [0.1, 0.15) is 18.2 Å². The van der Waals surface area contributed by atoms with Crippen LogP contribution in [-0.2, 0) is 19.7 Å². The maximum atomic E-state index is 13.2. The SMILES string of the molecule is COc1cc(CNCc2nc3ccccc3[nH]2)ccc1OCc1ccc(F)cc1Cl. The number of para-hydroxylation sites is 2. The lowest BCUT2D eigenvalue weighted by Gasteiger charge is -2.13. The van der Waals surface area contributed by atoms with Gasteiger partial charge in [-0.3, -0.25) is 0 Å². The Kier molecular flexibility index (Phi) is 6.16. The van der Waals surface area contributed by atoms with Crippen LogP contribution in [0.5, 0.6) is 11.5 Å². The van der Waals surface area contributed by atoms with Gasteiger partial charge in [-0.05, 0) is 42.0 Å². The summed E-state index contributed by atoms with van der Waals surface area (Å²) in [4.78, 5) is 7.86. The average Bonchev–Trinajstić information content (AvgIpc) is 3.16. The van der Waals surface area contributed by atoms with E-state index in [-0.39, 0.29) is 12.4 Å². The lowest BCUT2D eigenvalue weighted by atomic mass is 10.2. The highest BCUT2D eigenvalue weighted by Gasteiger charge is 2.09. The number of aromatic amines is 1. The van der Waals surface area contributed by atoms with Gasteiger partial charge in [-0.2, -0.15) is 0 Å². The van der Waals surface area contributed by atoms with E-state index < -0.39 is 0 Å². The number of ether oxygens (including phenoxy) is 2. The molecule has 0 bridgehead atoms. The molecule has 7 heteroatoms. The van der Waals surface area contributed by atoms with Crippen molar-refractivity contribution >= 4 is 22.6 Å². The molecule has 30 heavy (non-hydrogen) atoms. The molecule has 1 heterocycles. The third-order valence-electron chi connectivity index (χ3n) is 4.69. The first kappa shape index (κ1) is 20.2. The molecule has 0 saturated heterocycles. The lowest BCUT2D eigenvalue weighted by molar-refractivity contribution is 0.284. The second kappa shape index (κ2) is 9.15. The number of benzene rings is 3. The molecule has 154 valence electrons. The molecular formula is C23H21ClFN3O2. The van der Waals surface area contributed by atoms with Gasteiger partial charge in [0, 0.05) is 12.1 Å². The molecule has 0 spiro atoms. The summed E-state index contributed by atoms with van der Waals surface area (Å²) in [6, 6.07) is 17.9. The second-order valence-corrected chi connectivity index (χ2v) is 7.22. The minimum absolute atomic E-state index is 0.221. The van der Waals surface area contributed by atoms with Crippen molar-refractivity contribution in [2.24, 2.45) is 0 Å². The van der Waals surface area contributed by atoms with Crippen molar-refractivity contribution in [3.8, 4) is 11.5 Å². The normalized spacial score (nSPS) is 11.0. The number of nitrogens with zero attached hydrogens (tertiary/aromatic N) is 1. The highest BCUT2D eigenvalue weighted by molar-refractivity contribution is 6.31. The molecule has 0 atom stereocenters. The van der Waals surface area contributed by atoms with Crippen LogP contribution in [0.3, 0.4) is 0 Å². The Bertz CT molecular complexity index is 1130. The van der Waals surface area contributed by atoms with Crippen LogP contribution >= 0.6 is 11.6 Å². The van der Waals surface area contributed by atoms with Gasteiger partial charge < -0.3 is 19.8 Å². The summed E-state index contributed by atoms with van der Waals surface area (Å²) in [5.74, 6) is 1.73. The molecule has 0 fully saturated rings. The first-order valence-corrected chi connectivity index (χ1v) is 9.88. The van der Waals surface area contributed by atoms with E-state index in [1.54, 1.807) is 13.2 Å². The monoisotopic (exact) mass is 425 g/mol. The zero-order valence-electron chi connectivity index (χ0n) is 16.4. The van der Waals surface area contributed by atoms with Crippen LogP contribution in [0.1, 0.15) is 17.0 Å². The molecule has 1 aromatic heterocycles. The Morgan fingerprint density at radius 1 is 1.03 bits per heavy atom. The number of halogens is 2. The number of nitrogens with one attached hydrogen (secondary N) is 2. The van der Waals surface area contributed by atoms with Crippen LogP contribution in [0.25, 0.3) is 11.0 Å². The number of aromatic nitrogens is 2. The smallest absolute Gasteiger partial charge is 0.161 e. The van der Waals surface area contributed by atoms with E-state index >= 15 is 0 Å². The molecule has 4 aromatic rings. The van der Waals surface area contributed by atoms with Crippen LogP contribution in [0.15, 0.2) is 60.7 Å². The second-order valence-electron chi connectivity index (χ2n) is 6.81. The molecule has 0 radical (unpaired) electrons. The van der Waals surface area contributed by atoms with Crippen LogP contribution in [0.2, 0.25) is 5.02 Å². The van der Waals surface area contributed by atoms with Crippen molar-refractivity contribution in [3.05, 3.63) is 88.5 Å². The van der Waals surface area contributed by atoms with Crippen molar-refractivity contribution in [1.29, 1.82) is 0 Å². The van der Waals surface area contributed by atoms with Crippen LogP contribution in [-0.4, -0.2) is 17.1 Å². The summed E-state index contributed by atoms with van der Waals surface area (Å²) >= 11 is 6.06. The molecule has 0 aliphatic rings. The molecule has 0 amide bonds. The van der Waals surface area contributed by atoms with E-state index in [9.17, 15) is 4.39 Å². The van der Waals surface area contributed by atoms with Gasteiger partial charge in [-0.15, -0.1) is 0 Å². The Morgan fingerprint density at radius 2 is 1.90 bits per heavy atom. The zero-order valence-corrected chi connectivity index (χ0v) is 17.2. The maximum Gasteiger partial charge on any atom is 0.161 e. The molecule has 0 aliphatic heterocycles. The van der Waals surface area contributed by atoms with Gasteiger partial charge in [-0.1, -0.05) is 35.9 Å². The van der Waals surface area contributed by atoms with E-state index in [2.05, 4.69) is 15.3 Å². The fraction of sp³-hybridized carbons (Fsp3) is 0.174. The predicted molar refractivity (Wildman–Crippen MR) is 115 cm³/mol. The van der Waals surface area contributed by atoms with Gasteiger partial charge in [0.2, 0.25) is 0 Å². The number of imidazole rings is 1. The molecular weight excluding hydrogens is 405 g/mol. The Labute approximate surface area is 178 Å². The van der Waals surface area contributed by atoms with E-state index in [1.165, 1.54) is 12.1 Å². The highest BCUT2D eigenvalue weighted by atomic mass is 35.5. The van der Waals surface area contributed by atoms with Crippen LogP contribution < -0.4 is 14.8 Å². The topological polar surface area (TPSA) is 59.2 Å². The third kappa shape index (κ3) is 4.72. The first-order chi connectivity index (χ1) is 14.6. The number of H-pyrrole nitrogens is 1. The summed E-state index contributed by atoms with van der Waals surface area (Å²) in [7, 11) is 1.60. The van der Waals surface area contributed by atoms with Crippen molar-refractivity contribution in [2.45, 2.75) is 19.7 Å². The zero-order chi connectivity index (χ0) is 20.9. The van der Waals surface area contributed by atoms with Gasteiger partial charge in [-0.25, -0.2) is 9.37 Å². The van der Waals surface area contributed by atoms with Gasteiger partial charge in [0.15, 0.2) is 11.5 Å². The number of hydrogen-bond acceptors (Lipinski definition) is 4. The fourth-order valence-electron chi connectivity index (χ4n) is 3.15. The summed E-state index contributed by atoms with van der Waals surface area (Å²) in [6.07, 6.45) is 0. The van der Waals surface area contributed by atoms with Crippen LogP contribution in [0, 0.1) is 5.82 Å². The van der Waals surface area contributed by atoms with Gasteiger partial charge in [0.25, 0.3) is 0 Å². The molecule has 0 saturated carbocycles. The summed E-state index contributed by atoms with van der Waals surface area (Å²) < 4.78 is 24.5. The average molecular weight is 426 g/mol. The van der Waals surface area contributed by atoms with E-state index in [0.29, 0.717) is 35.2 Å². The van der Waals surface area contributed by atoms with Crippen molar-refractivity contribution < 1.29 is 13.9 Å². The summed E-state index contributed by atoms with van der Waals surface area (Å²) in [5.41, 5.74) is 3.74. The highest BCUT2D eigenvalue weighted by Crippen LogP contribution is 2.29. The minimum atomic E-state index is -0.374. The van der Waals surface area contributed by atoms with Crippen LogP contribution in [0.4, 0.5) is 4.39 Å². The Morgan fingerprint density at radius 3 is 2.70 bits per heavy atom. The Balaban J connectivity index is 1.36. The molecule has 4 rings (SSSR count).